The Balaban J connectivity index is 1.48. The Morgan fingerprint density at radius 3 is 1.98 bits per heavy atom. The summed E-state index contributed by atoms with van der Waals surface area (Å²) in [6.07, 6.45) is -1.14. The van der Waals surface area contributed by atoms with E-state index < -0.39 is 30.4 Å². The van der Waals surface area contributed by atoms with Gasteiger partial charge in [-0.2, -0.15) is 0 Å². The molecule has 0 saturated heterocycles. The molecule has 3 rings (SSSR count). The summed E-state index contributed by atoms with van der Waals surface area (Å²) < 4.78 is 0. The highest BCUT2D eigenvalue weighted by molar-refractivity contribution is 5.98. The third kappa shape index (κ3) is 9.06. The van der Waals surface area contributed by atoms with Gasteiger partial charge in [-0.15, -0.1) is 0 Å². The molecular weight excluding hydrogens is 508 g/mol. The Bertz CT molecular complexity index is 1360. The number of Topliss-reactive ketones (excluding diaryl/α,β-unsaturated/α-hetero) is 1. The third-order valence-corrected chi connectivity index (χ3v) is 6.01. The van der Waals surface area contributed by atoms with Crippen LogP contribution in [0.3, 0.4) is 0 Å². The SMILES string of the molecule is C[C@@H](O)[C@H](NC(=O)c1ccc(C#Cc2ccc(NC(=O)CNCc3ccc(N(C)C)cc3)cc2)cc1)C(=O)CO. The Morgan fingerprint density at radius 2 is 1.45 bits per heavy atom. The third-order valence-electron chi connectivity index (χ3n) is 6.01. The van der Waals surface area contributed by atoms with Gasteiger partial charge in [0.05, 0.1) is 12.6 Å². The number of carbonyl (C=O) groups excluding carboxylic acids is 3. The number of aliphatic hydroxyl groups excluding tert-OH is 2. The van der Waals surface area contributed by atoms with Crippen molar-refractivity contribution in [1.29, 1.82) is 0 Å². The van der Waals surface area contributed by atoms with Gasteiger partial charge in [-0.1, -0.05) is 24.0 Å². The van der Waals surface area contributed by atoms with Crippen LogP contribution in [-0.4, -0.2) is 67.2 Å². The first-order valence-electron chi connectivity index (χ1n) is 12.8. The summed E-state index contributed by atoms with van der Waals surface area (Å²) >= 11 is 0. The highest BCUT2D eigenvalue weighted by Gasteiger charge is 2.25. The first kappa shape index (κ1) is 30.1. The number of ketones is 1. The van der Waals surface area contributed by atoms with Gasteiger partial charge in [0.1, 0.15) is 12.6 Å². The second-order valence-electron chi connectivity index (χ2n) is 9.43. The molecule has 2 amide bonds. The number of benzene rings is 3. The molecule has 0 aliphatic rings. The van der Waals surface area contributed by atoms with Crippen LogP contribution in [0.25, 0.3) is 0 Å². The van der Waals surface area contributed by atoms with Gasteiger partial charge in [-0.25, -0.2) is 0 Å². The van der Waals surface area contributed by atoms with E-state index in [0.717, 1.165) is 16.8 Å². The molecule has 0 bridgehead atoms. The van der Waals surface area contributed by atoms with Crippen LogP contribution < -0.4 is 20.9 Å². The summed E-state index contributed by atoms with van der Waals surface area (Å²) in [4.78, 5) is 38.4. The number of nitrogens with zero attached hydrogens (tertiary/aromatic N) is 1. The van der Waals surface area contributed by atoms with E-state index in [1.807, 2.05) is 43.3 Å². The normalized spacial score (nSPS) is 11.9. The van der Waals surface area contributed by atoms with E-state index >= 15 is 0 Å². The zero-order valence-electron chi connectivity index (χ0n) is 22.8. The van der Waals surface area contributed by atoms with Crippen molar-refractivity contribution in [3.63, 3.8) is 0 Å². The maximum absolute atomic E-state index is 12.4. The zero-order chi connectivity index (χ0) is 29.1. The van der Waals surface area contributed by atoms with E-state index in [1.54, 1.807) is 48.5 Å². The van der Waals surface area contributed by atoms with Gasteiger partial charge in [-0.3, -0.25) is 14.4 Å². The van der Waals surface area contributed by atoms with Crippen molar-refractivity contribution in [3.8, 4) is 11.8 Å². The lowest BCUT2D eigenvalue weighted by Gasteiger charge is -2.19. The molecule has 0 unspecified atom stereocenters. The average molecular weight is 543 g/mol. The quantitative estimate of drug-likeness (QED) is 0.234. The summed E-state index contributed by atoms with van der Waals surface area (Å²) in [6.45, 7) is 1.36. The van der Waals surface area contributed by atoms with E-state index in [2.05, 4.69) is 27.8 Å². The summed E-state index contributed by atoms with van der Waals surface area (Å²) in [5.41, 5.74) is 4.60. The van der Waals surface area contributed by atoms with Gasteiger partial charge >= 0.3 is 0 Å². The molecule has 0 aliphatic heterocycles. The number of carbonyl (C=O) groups is 3. The van der Waals surface area contributed by atoms with Crippen molar-refractivity contribution in [1.82, 2.24) is 10.6 Å². The molecule has 9 nitrogen and oxygen atoms in total. The van der Waals surface area contributed by atoms with Gasteiger partial charge in [0.25, 0.3) is 5.91 Å². The Labute approximate surface area is 234 Å². The minimum atomic E-state index is -1.19. The summed E-state index contributed by atoms with van der Waals surface area (Å²) in [5, 5.41) is 27.1. The highest BCUT2D eigenvalue weighted by Crippen LogP contribution is 2.12. The van der Waals surface area contributed by atoms with Gasteiger partial charge in [-0.05, 0) is 73.2 Å². The fraction of sp³-hybridized carbons (Fsp3) is 0.258. The predicted octanol–water partition coefficient (Wildman–Crippen LogP) is 1.92. The average Bonchev–Trinajstić information content (AvgIpc) is 2.95. The molecule has 9 heteroatoms. The van der Waals surface area contributed by atoms with Gasteiger partial charge in [0.2, 0.25) is 5.91 Å². The minimum absolute atomic E-state index is 0.145. The molecule has 0 aliphatic carbocycles. The van der Waals surface area contributed by atoms with Crippen LogP contribution >= 0.6 is 0 Å². The molecular formula is C31H34N4O5. The lowest BCUT2D eigenvalue weighted by molar-refractivity contribution is -0.125. The second-order valence-corrected chi connectivity index (χ2v) is 9.43. The molecule has 0 saturated carbocycles. The standard InChI is InChI=1S/C31H34N4O5/c1-21(37)30(28(38)20-36)34-31(40)25-12-6-22(7-13-25)4-5-23-8-14-26(15-9-23)33-29(39)19-32-18-24-10-16-27(17-11-24)35(2)3/h6-17,21,30,32,36-37H,18-20H2,1-3H3,(H,33,39)(H,34,40)/t21-,30+/m1/s1. The summed E-state index contributed by atoms with van der Waals surface area (Å²) in [7, 11) is 3.98. The van der Waals surface area contributed by atoms with E-state index in [9.17, 15) is 19.5 Å². The number of amides is 2. The molecule has 40 heavy (non-hydrogen) atoms. The fourth-order valence-electron chi connectivity index (χ4n) is 3.72. The largest absolute Gasteiger partial charge is 0.391 e. The van der Waals surface area contributed by atoms with Crippen molar-refractivity contribution in [2.75, 3.05) is 37.5 Å². The highest BCUT2D eigenvalue weighted by atomic mass is 16.3. The Kier molecular flexibility index (Phi) is 11.0. The summed E-state index contributed by atoms with van der Waals surface area (Å²) in [6, 6.07) is 20.6. The van der Waals surface area contributed by atoms with Crippen LogP contribution in [0.4, 0.5) is 11.4 Å². The number of hydrogen-bond donors (Lipinski definition) is 5. The van der Waals surface area contributed by atoms with Crippen molar-refractivity contribution >= 4 is 29.0 Å². The molecule has 0 spiro atoms. The van der Waals surface area contributed by atoms with E-state index in [-0.39, 0.29) is 12.5 Å². The first-order chi connectivity index (χ1) is 19.2. The van der Waals surface area contributed by atoms with Gasteiger partial charge < -0.3 is 31.1 Å². The smallest absolute Gasteiger partial charge is 0.251 e. The molecule has 208 valence electrons. The number of anilines is 2. The number of hydrogen-bond acceptors (Lipinski definition) is 7. The van der Waals surface area contributed by atoms with Crippen LogP contribution in [0.1, 0.15) is 34.0 Å². The van der Waals surface area contributed by atoms with Crippen LogP contribution in [0.2, 0.25) is 0 Å². The maximum atomic E-state index is 12.4. The molecule has 2 atom stereocenters. The lowest BCUT2D eigenvalue weighted by Crippen LogP contribution is -2.48. The van der Waals surface area contributed by atoms with Crippen molar-refractivity contribution in [2.24, 2.45) is 0 Å². The summed E-state index contributed by atoms with van der Waals surface area (Å²) in [5.74, 6) is 4.70. The van der Waals surface area contributed by atoms with Crippen LogP contribution in [0.15, 0.2) is 72.8 Å². The van der Waals surface area contributed by atoms with E-state index in [1.165, 1.54) is 6.92 Å². The topological polar surface area (TPSA) is 131 Å². The first-order valence-corrected chi connectivity index (χ1v) is 12.8. The Hall–Kier alpha value is -4.49. The molecule has 0 heterocycles. The van der Waals surface area contributed by atoms with Crippen molar-refractivity contribution < 1.29 is 24.6 Å². The Morgan fingerprint density at radius 1 is 0.875 bits per heavy atom. The molecule has 0 aromatic heterocycles. The molecule has 3 aromatic rings. The van der Waals surface area contributed by atoms with Crippen LogP contribution in [-0.2, 0) is 16.1 Å². The van der Waals surface area contributed by atoms with E-state index in [0.29, 0.717) is 23.4 Å². The number of rotatable bonds is 11. The monoisotopic (exact) mass is 542 g/mol. The van der Waals surface area contributed by atoms with E-state index in [4.69, 9.17) is 5.11 Å². The fourth-order valence-corrected chi connectivity index (χ4v) is 3.72. The molecule has 5 N–H and O–H groups in total. The van der Waals surface area contributed by atoms with Gasteiger partial charge in [0.15, 0.2) is 5.78 Å². The lowest BCUT2D eigenvalue weighted by atomic mass is 10.1. The second kappa shape index (κ2) is 14.6. The molecule has 0 fully saturated rings. The number of nitrogens with one attached hydrogen (secondary N) is 3. The van der Waals surface area contributed by atoms with Crippen molar-refractivity contribution in [2.45, 2.75) is 25.6 Å². The predicted molar refractivity (Wildman–Crippen MR) is 155 cm³/mol. The zero-order valence-corrected chi connectivity index (χ0v) is 22.8. The van der Waals surface area contributed by atoms with Crippen LogP contribution in [0.5, 0.6) is 0 Å². The van der Waals surface area contributed by atoms with Gasteiger partial charge in [0, 0.05) is 48.7 Å². The molecule has 0 radical (unpaired) electrons. The maximum Gasteiger partial charge on any atom is 0.251 e. The number of aliphatic hydroxyl groups is 2. The van der Waals surface area contributed by atoms with Crippen LogP contribution in [0, 0.1) is 11.8 Å². The minimum Gasteiger partial charge on any atom is -0.391 e. The molecule has 3 aromatic carbocycles. The van der Waals surface area contributed by atoms with Crippen molar-refractivity contribution in [3.05, 3.63) is 95.1 Å².